The Bertz CT molecular complexity index is 684. The van der Waals surface area contributed by atoms with Crippen LogP contribution in [-0.4, -0.2) is 16.8 Å². The van der Waals surface area contributed by atoms with Crippen LogP contribution in [0, 0.1) is 5.92 Å². The first kappa shape index (κ1) is 16.0. The summed E-state index contributed by atoms with van der Waals surface area (Å²) in [6, 6.07) is 9.95. The first-order valence-corrected chi connectivity index (χ1v) is 7.17. The molecular formula is C16H16ClN3O2. The van der Waals surface area contributed by atoms with E-state index in [-0.39, 0.29) is 17.7 Å². The van der Waals surface area contributed by atoms with Crippen molar-refractivity contribution in [3.8, 4) is 0 Å². The molecule has 1 aromatic carbocycles. The minimum atomic E-state index is -0.297. The SMILES string of the molecule is CC(C)C(=O)Nc1ccc(NC(=O)c2cccc(Cl)c2)nc1. The maximum atomic E-state index is 12.0. The zero-order valence-corrected chi connectivity index (χ0v) is 13.0. The summed E-state index contributed by atoms with van der Waals surface area (Å²) in [5.41, 5.74) is 1.03. The summed E-state index contributed by atoms with van der Waals surface area (Å²) in [6.45, 7) is 3.62. The molecule has 22 heavy (non-hydrogen) atoms. The Labute approximate surface area is 133 Å². The molecule has 2 N–H and O–H groups in total. The number of pyridine rings is 1. The van der Waals surface area contributed by atoms with E-state index in [9.17, 15) is 9.59 Å². The average molecular weight is 318 g/mol. The maximum Gasteiger partial charge on any atom is 0.256 e. The highest BCUT2D eigenvalue weighted by molar-refractivity contribution is 6.31. The lowest BCUT2D eigenvalue weighted by molar-refractivity contribution is -0.118. The molecule has 0 saturated carbocycles. The second-order valence-electron chi connectivity index (χ2n) is 5.04. The molecule has 2 aromatic rings. The van der Waals surface area contributed by atoms with Crippen LogP contribution in [-0.2, 0) is 4.79 Å². The van der Waals surface area contributed by atoms with E-state index in [0.717, 1.165) is 0 Å². The summed E-state index contributed by atoms with van der Waals surface area (Å²) < 4.78 is 0. The minimum absolute atomic E-state index is 0.0856. The molecule has 6 heteroatoms. The van der Waals surface area contributed by atoms with Gasteiger partial charge in [0.1, 0.15) is 5.82 Å². The lowest BCUT2D eigenvalue weighted by atomic mass is 10.2. The van der Waals surface area contributed by atoms with E-state index >= 15 is 0 Å². The molecule has 0 fully saturated rings. The Kier molecular flexibility index (Phi) is 5.12. The topological polar surface area (TPSA) is 71.1 Å². The molecule has 0 saturated heterocycles. The van der Waals surface area contributed by atoms with Gasteiger partial charge < -0.3 is 10.6 Å². The number of nitrogens with one attached hydrogen (secondary N) is 2. The van der Waals surface area contributed by atoms with Crippen molar-refractivity contribution in [2.45, 2.75) is 13.8 Å². The van der Waals surface area contributed by atoms with Crippen molar-refractivity contribution in [2.24, 2.45) is 5.92 Å². The Morgan fingerprint density at radius 2 is 1.91 bits per heavy atom. The van der Waals surface area contributed by atoms with Crippen molar-refractivity contribution in [1.29, 1.82) is 0 Å². The van der Waals surface area contributed by atoms with Gasteiger partial charge in [0.15, 0.2) is 0 Å². The fraction of sp³-hybridized carbons (Fsp3) is 0.188. The van der Waals surface area contributed by atoms with E-state index in [2.05, 4.69) is 15.6 Å². The van der Waals surface area contributed by atoms with Gasteiger partial charge in [-0.2, -0.15) is 0 Å². The van der Waals surface area contributed by atoms with E-state index in [1.807, 2.05) is 13.8 Å². The second kappa shape index (κ2) is 7.04. The number of halogens is 1. The highest BCUT2D eigenvalue weighted by Gasteiger charge is 2.09. The van der Waals surface area contributed by atoms with Crippen LogP contribution < -0.4 is 10.6 Å². The summed E-state index contributed by atoms with van der Waals surface area (Å²) in [6.07, 6.45) is 1.49. The standard InChI is InChI=1S/C16H16ClN3O2/c1-10(2)15(21)19-13-6-7-14(18-9-13)20-16(22)11-4-3-5-12(17)8-11/h3-10H,1-2H3,(H,19,21)(H,18,20,22). The number of hydrogen-bond donors (Lipinski definition) is 2. The quantitative estimate of drug-likeness (QED) is 0.905. The number of anilines is 2. The van der Waals surface area contributed by atoms with E-state index < -0.39 is 0 Å². The molecule has 0 unspecified atom stereocenters. The van der Waals surface area contributed by atoms with Gasteiger partial charge in [-0.05, 0) is 30.3 Å². The lowest BCUT2D eigenvalue weighted by Gasteiger charge is -2.08. The van der Waals surface area contributed by atoms with Gasteiger partial charge in [-0.1, -0.05) is 31.5 Å². The van der Waals surface area contributed by atoms with Gasteiger partial charge >= 0.3 is 0 Å². The van der Waals surface area contributed by atoms with Gasteiger partial charge in [-0.25, -0.2) is 4.98 Å². The van der Waals surface area contributed by atoms with Crippen LogP contribution in [0.1, 0.15) is 24.2 Å². The summed E-state index contributed by atoms with van der Waals surface area (Å²) in [4.78, 5) is 27.7. The number of benzene rings is 1. The molecule has 1 aromatic heterocycles. The number of carbonyl (C=O) groups excluding carboxylic acids is 2. The molecule has 2 amide bonds. The molecule has 5 nitrogen and oxygen atoms in total. The zero-order valence-electron chi connectivity index (χ0n) is 12.3. The van der Waals surface area contributed by atoms with Gasteiger partial charge in [0.2, 0.25) is 5.91 Å². The van der Waals surface area contributed by atoms with Gasteiger partial charge in [0.25, 0.3) is 5.91 Å². The van der Waals surface area contributed by atoms with Crippen molar-refractivity contribution in [3.63, 3.8) is 0 Å². The smallest absolute Gasteiger partial charge is 0.256 e. The molecule has 0 aliphatic heterocycles. The maximum absolute atomic E-state index is 12.0. The van der Waals surface area contributed by atoms with Gasteiger partial charge in [0, 0.05) is 16.5 Å². The number of hydrogen-bond acceptors (Lipinski definition) is 3. The monoisotopic (exact) mass is 317 g/mol. The molecule has 0 atom stereocenters. The average Bonchev–Trinajstić information content (AvgIpc) is 2.49. The number of carbonyl (C=O) groups is 2. The molecular weight excluding hydrogens is 302 g/mol. The third-order valence-corrected chi connectivity index (χ3v) is 3.12. The van der Waals surface area contributed by atoms with E-state index in [1.54, 1.807) is 36.4 Å². The normalized spacial score (nSPS) is 10.4. The molecule has 0 aliphatic carbocycles. The van der Waals surface area contributed by atoms with E-state index in [4.69, 9.17) is 11.6 Å². The molecule has 114 valence electrons. The summed E-state index contributed by atoms with van der Waals surface area (Å²) in [5, 5.41) is 5.89. The first-order chi connectivity index (χ1) is 10.5. The van der Waals surface area contributed by atoms with Crippen LogP contribution in [0.15, 0.2) is 42.6 Å². The Balaban J connectivity index is 2.02. The van der Waals surface area contributed by atoms with Gasteiger partial charge in [0.05, 0.1) is 11.9 Å². The van der Waals surface area contributed by atoms with Crippen LogP contribution >= 0.6 is 11.6 Å². The van der Waals surface area contributed by atoms with Crippen molar-refractivity contribution in [1.82, 2.24) is 4.98 Å². The molecule has 0 spiro atoms. The number of aromatic nitrogens is 1. The Morgan fingerprint density at radius 1 is 1.14 bits per heavy atom. The molecule has 0 aliphatic rings. The van der Waals surface area contributed by atoms with Crippen molar-refractivity contribution in [2.75, 3.05) is 10.6 Å². The van der Waals surface area contributed by atoms with Crippen molar-refractivity contribution >= 4 is 34.9 Å². The van der Waals surface area contributed by atoms with Crippen LogP contribution in [0.25, 0.3) is 0 Å². The third-order valence-electron chi connectivity index (χ3n) is 2.88. The predicted molar refractivity (Wildman–Crippen MR) is 87.1 cm³/mol. The molecule has 1 heterocycles. The molecule has 0 radical (unpaired) electrons. The van der Waals surface area contributed by atoms with Crippen molar-refractivity contribution < 1.29 is 9.59 Å². The largest absolute Gasteiger partial charge is 0.325 e. The fourth-order valence-corrected chi connectivity index (χ4v) is 1.84. The summed E-state index contributed by atoms with van der Waals surface area (Å²) in [5.74, 6) is -0.0961. The van der Waals surface area contributed by atoms with E-state index in [0.29, 0.717) is 22.1 Å². The molecule has 2 rings (SSSR count). The van der Waals surface area contributed by atoms with Crippen LogP contribution in [0.3, 0.4) is 0 Å². The minimum Gasteiger partial charge on any atom is -0.325 e. The van der Waals surface area contributed by atoms with Gasteiger partial charge in [-0.3, -0.25) is 9.59 Å². The Morgan fingerprint density at radius 3 is 2.50 bits per heavy atom. The van der Waals surface area contributed by atoms with Crippen LogP contribution in [0.2, 0.25) is 5.02 Å². The zero-order chi connectivity index (χ0) is 16.1. The van der Waals surface area contributed by atoms with Gasteiger partial charge in [-0.15, -0.1) is 0 Å². The van der Waals surface area contributed by atoms with Crippen LogP contribution in [0.4, 0.5) is 11.5 Å². The summed E-state index contributed by atoms with van der Waals surface area (Å²) >= 11 is 5.85. The number of nitrogens with zero attached hydrogens (tertiary/aromatic N) is 1. The number of amides is 2. The lowest BCUT2D eigenvalue weighted by Crippen LogP contribution is -2.18. The predicted octanol–water partition coefficient (Wildman–Crippen LogP) is 3.58. The van der Waals surface area contributed by atoms with E-state index in [1.165, 1.54) is 6.20 Å². The Hall–Kier alpha value is -2.40. The summed E-state index contributed by atoms with van der Waals surface area (Å²) in [7, 11) is 0. The fourth-order valence-electron chi connectivity index (χ4n) is 1.65. The highest BCUT2D eigenvalue weighted by atomic mass is 35.5. The number of rotatable bonds is 4. The second-order valence-corrected chi connectivity index (χ2v) is 5.48. The molecule has 0 bridgehead atoms. The van der Waals surface area contributed by atoms with Crippen LogP contribution in [0.5, 0.6) is 0 Å². The third kappa shape index (κ3) is 4.30. The van der Waals surface area contributed by atoms with Crippen molar-refractivity contribution in [3.05, 3.63) is 53.2 Å². The highest BCUT2D eigenvalue weighted by Crippen LogP contribution is 2.14. The first-order valence-electron chi connectivity index (χ1n) is 6.79.